The van der Waals surface area contributed by atoms with Gasteiger partial charge >= 0.3 is 11.9 Å². The first-order valence-corrected chi connectivity index (χ1v) is 6.44. The van der Waals surface area contributed by atoms with E-state index in [1.165, 1.54) is 0 Å². The summed E-state index contributed by atoms with van der Waals surface area (Å²) in [6, 6.07) is 0. The van der Waals surface area contributed by atoms with Crippen molar-refractivity contribution < 1.29 is 23.9 Å². The predicted molar refractivity (Wildman–Crippen MR) is 75.9 cm³/mol. The summed E-state index contributed by atoms with van der Waals surface area (Å²) in [6.45, 7) is 0. The van der Waals surface area contributed by atoms with Gasteiger partial charge in [0.2, 0.25) is 5.91 Å². The van der Waals surface area contributed by atoms with Gasteiger partial charge in [-0.25, -0.2) is 9.78 Å². The van der Waals surface area contributed by atoms with Gasteiger partial charge < -0.3 is 14.8 Å². The minimum atomic E-state index is -0.885. The first-order valence-electron chi connectivity index (χ1n) is 5.31. The zero-order chi connectivity index (χ0) is 16.2. The number of aromatic nitrogens is 1. The third-order valence-electron chi connectivity index (χ3n) is 2.22. The highest BCUT2D eigenvalue weighted by Gasteiger charge is 2.24. The van der Waals surface area contributed by atoms with E-state index >= 15 is 0 Å². The van der Waals surface area contributed by atoms with E-state index in [4.69, 9.17) is 34.8 Å². The lowest BCUT2D eigenvalue weighted by Gasteiger charge is -2.12. The first-order chi connectivity index (χ1) is 9.81. The molecule has 0 fully saturated rings. The number of hydrogen-bond acceptors (Lipinski definition) is 6. The topological polar surface area (TPSA) is 94.6 Å². The summed E-state index contributed by atoms with van der Waals surface area (Å²) in [5.41, 5.74) is -0.540. The molecule has 1 N–H and O–H groups in total. The molecule has 1 aromatic heterocycles. The van der Waals surface area contributed by atoms with Gasteiger partial charge in [0.1, 0.15) is 11.6 Å². The fraction of sp³-hybridized carbons (Fsp3) is 0.273. The van der Waals surface area contributed by atoms with Crippen LogP contribution in [0.3, 0.4) is 0 Å². The van der Waals surface area contributed by atoms with Gasteiger partial charge in [-0.05, 0) is 0 Å². The molecule has 0 atom stereocenters. The smallest absolute Gasteiger partial charge is 0.358 e. The van der Waals surface area contributed by atoms with Crippen LogP contribution in [0.25, 0.3) is 0 Å². The summed E-state index contributed by atoms with van der Waals surface area (Å²) in [4.78, 5) is 38.0. The number of carbonyl (C=O) groups is 3. The number of hydrogen-bond donors (Lipinski definition) is 1. The summed E-state index contributed by atoms with van der Waals surface area (Å²) >= 11 is 17.4. The number of ether oxygens (including phenoxy) is 2. The van der Waals surface area contributed by atoms with E-state index in [-0.39, 0.29) is 26.6 Å². The minimum Gasteiger partial charge on any atom is -0.469 e. The van der Waals surface area contributed by atoms with Crippen molar-refractivity contribution in [3.05, 3.63) is 20.9 Å². The standard InChI is InChI=1S/C11H9Cl3N2O5/c1-20-5(18)3-4(17)15-8-6(12)7(13)10(14)16-9(8)11(19)21-2/h3H2,1-2H3,(H,15,17). The Morgan fingerprint density at radius 3 is 2.24 bits per heavy atom. The van der Waals surface area contributed by atoms with Gasteiger partial charge in [-0.15, -0.1) is 0 Å². The number of esters is 2. The van der Waals surface area contributed by atoms with Crippen molar-refractivity contribution in [1.82, 2.24) is 4.98 Å². The molecule has 1 heterocycles. The van der Waals surface area contributed by atoms with Crippen LogP contribution in [0.15, 0.2) is 0 Å². The monoisotopic (exact) mass is 354 g/mol. The molecule has 0 saturated carbocycles. The van der Waals surface area contributed by atoms with Crippen LogP contribution < -0.4 is 5.32 Å². The molecule has 1 rings (SSSR count). The third kappa shape index (κ3) is 4.20. The zero-order valence-corrected chi connectivity index (χ0v) is 13.1. The van der Waals surface area contributed by atoms with Crippen molar-refractivity contribution in [1.29, 1.82) is 0 Å². The van der Waals surface area contributed by atoms with Crippen LogP contribution in [0.1, 0.15) is 16.9 Å². The number of carbonyl (C=O) groups excluding carboxylic acids is 3. The molecule has 7 nitrogen and oxygen atoms in total. The van der Waals surface area contributed by atoms with Crippen molar-refractivity contribution in [2.45, 2.75) is 6.42 Å². The van der Waals surface area contributed by atoms with Gasteiger partial charge in [0.05, 0.1) is 30.0 Å². The number of nitrogens with one attached hydrogen (secondary N) is 1. The molecule has 21 heavy (non-hydrogen) atoms. The van der Waals surface area contributed by atoms with Crippen LogP contribution >= 0.6 is 34.8 Å². The van der Waals surface area contributed by atoms with E-state index in [1.807, 2.05) is 0 Å². The fourth-order valence-electron chi connectivity index (χ4n) is 1.25. The molecule has 114 valence electrons. The van der Waals surface area contributed by atoms with Crippen LogP contribution in [0.4, 0.5) is 5.69 Å². The zero-order valence-electron chi connectivity index (χ0n) is 10.8. The number of methoxy groups -OCH3 is 2. The van der Waals surface area contributed by atoms with Crippen LogP contribution in [-0.4, -0.2) is 37.0 Å². The van der Waals surface area contributed by atoms with Gasteiger partial charge in [0.25, 0.3) is 0 Å². The maximum absolute atomic E-state index is 11.7. The van der Waals surface area contributed by atoms with Crippen LogP contribution in [0, 0.1) is 0 Å². The summed E-state index contributed by atoms with van der Waals surface area (Å²) in [7, 11) is 2.24. The van der Waals surface area contributed by atoms with Crippen LogP contribution in [0.2, 0.25) is 15.2 Å². The molecule has 0 spiro atoms. The molecular formula is C11H9Cl3N2O5. The van der Waals surface area contributed by atoms with Gasteiger partial charge in [-0.2, -0.15) is 0 Å². The quantitative estimate of drug-likeness (QED) is 0.506. The molecule has 0 saturated heterocycles. The molecule has 0 aliphatic rings. The normalized spacial score (nSPS) is 9.95. The van der Waals surface area contributed by atoms with E-state index in [0.717, 1.165) is 14.2 Å². The Morgan fingerprint density at radius 1 is 1.10 bits per heavy atom. The molecular weight excluding hydrogens is 346 g/mol. The fourth-order valence-corrected chi connectivity index (χ4v) is 1.84. The third-order valence-corrected chi connectivity index (χ3v) is 3.43. The van der Waals surface area contributed by atoms with E-state index in [0.29, 0.717) is 0 Å². The number of rotatable bonds is 4. The second kappa shape index (κ2) is 7.44. The Bertz CT molecular complexity index is 606. The molecule has 0 bridgehead atoms. The Labute approximate surface area is 134 Å². The molecule has 0 radical (unpaired) electrons. The van der Waals surface area contributed by atoms with E-state index in [1.54, 1.807) is 0 Å². The van der Waals surface area contributed by atoms with Crippen LogP contribution in [0.5, 0.6) is 0 Å². The number of pyridine rings is 1. The molecule has 1 amide bonds. The highest BCUT2D eigenvalue weighted by atomic mass is 35.5. The summed E-state index contributed by atoms with van der Waals surface area (Å²) in [6.07, 6.45) is -0.576. The average molecular weight is 356 g/mol. The Balaban J connectivity index is 3.21. The largest absolute Gasteiger partial charge is 0.469 e. The Morgan fingerprint density at radius 2 is 1.71 bits per heavy atom. The highest BCUT2D eigenvalue weighted by Crippen LogP contribution is 2.36. The first kappa shape index (κ1) is 17.5. The van der Waals surface area contributed by atoms with E-state index in [9.17, 15) is 14.4 Å². The second-order valence-corrected chi connectivity index (χ2v) is 4.66. The summed E-state index contributed by atoms with van der Waals surface area (Å²) in [5.74, 6) is -2.42. The Kier molecular flexibility index (Phi) is 6.19. The predicted octanol–water partition coefficient (Wildman–Crippen LogP) is 2.33. The van der Waals surface area contributed by atoms with Crippen LogP contribution in [-0.2, 0) is 19.1 Å². The molecule has 10 heteroatoms. The van der Waals surface area contributed by atoms with Gasteiger partial charge in [-0.3, -0.25) is 9.59 Å². The second-order valence-electron chi connectivity index (χ2n) is 3.55. The number of nitrogens with zero attached hydrogens (tertiary/aromatic N) is 1. The average Bonchev–Trinajstić information content (AvgIpc) is 2.46. The van der Waals surface area contributed by atoms with Crippen molar-refractivity contribution in [3.8, 4) is 0 Å². The number of anilines is 1. The van der Waals surface area contributed by atoms with Gasteiger partial charge in [0.15, 0.2) is 5.69 Å². The molecule has 0 aromatic carbocycles. The maximum Gasteiger partial charge on any atom is 0.358 e. The molecule has 0 unspecified atom stereocenters. The van der Waals surface area contributed by atoms with Crippen molar-refractivity contribution in [2.75, 3.05) is 19.5 Å². The van der Waals surface area contributed by atoms with Crippen molar-refractivity contribution >= 4 is 58.3 Å². The van der Waals surface area contributed by atoms with E-state index < -0.39 is 24.3 Å². The SMILES string of the molecule is COC(=O)CC(=O)Nc1c(C(=O)OC)nc(Cl)c(Cl)c1Cl. The number of halogens is 3. The van der Waals surface area contributed by atoms with Crippen molar-refractivity contribution in [2.24, 2.45) is 0 Å². The maximum atomic E-state index is 11.7. The van der Waals surface area contributed by atoms with Gasteiger partial charge in [-0.1, -0.05) is 34.8 Å². The lowest BCUT2D eigenvalue weighted by Crippen LogP contribution is -2.20. The minimum absolute atomic E-state index is 0.153. The lowest BCUT2D eigenvalue weighted by atomic mass is 10.2. The molecule has 0 aliphatic heterocycles. The van der Waals surface area contributed by atoms with Crippen molar-refractivity contribution in [3.63, 3.8) is 0 Å². The summed E-state index contributed by atoms with van der Waals surface area (Å²) < 4.78 is 8.85. The lowest BCUT2D eigenvalue weighted by molar-refractivity contribution is -0.142. The molecule has 0 aliphatic carbocycles. The van der Waals surface area contributed by atoms with E-state index in [2.05, 4.69) is 19.8 Å². The number of amides is 1. The highest BCUT2D eigenvalue weighted by molar-refractivity contribution is 6.49. The van der Waals surface area contributed by atoms with Gasteiger partial charge in [0, 0.05) is 0 Å². The Hall–Kier alpha value is -1.57. The molecule has 1 aromatic rings. The summed E-state index contributed by atoms with van der Waals surface area (Å²) in [5, 5.41) is 1.67.